The fraction of sp³-hybridized carbons (Fsp3) is 0.565. The van der Waals surface area contributed by atoms with Gasteiger partial charge in [0.15, 0.2) is 6.10 Å². The number of hydrogen-bond donors (Lipinski definition) is 3. The first-order valence-corrected chi connectivity index (χ1v) is 21.3. The summed E-state index contributed by atoms with van der Waals surface area (Å²) in [5.41, 5.74) is -3.15. The molecule has 14 nitrogen and oxygen atoms in total. The Morgan fingerprint density at radius 3 is 2.42 bits per heavy atom. The number of carbonyl (C=O) groups excluding carboxylic acids is 4. The van der Waals surface area contributed by atoms with Gasteiger partial charge in [0.05, 0.1) is 38.7 Å². The molecule has 5 aliphatic heterocycles. The van der Waals surface area contributed by atoms with Crippen molar-refractivity contribution in [2.75, 3.05) is 59.0 Å². The van der Waals surface area contributed by atoms with Crippen LogP contribution in [-0.2, 0) is 50.6 Å². The van der Waals surface area contributed by atoms with Crippen LogP contribution < -0.4 is 9.64 Å². The SMILES string of the molecule is CCC1(O)C[C@H]2CN(CCc3c([nH]c4ccccc34)[C@@](C(=O)OC)(c3cc4c(cc3OC)N(C=O)[C@@H]3C45CCN4CC=C[C@](CC)([C@H]45)[C@@H](OC(C)=O)[C@]3(O)C(=O)OC)C2)C1. The number of aromatic nitrogens is 1. The lowest BCUT2D eigenvalue weighted by atomic mass is 9.47. The minimum atomic E-state index is -2.53. The fourth-order valence-corrected chi connectivity index (χ4v) is 13.4. The molecule has 2 bridgehead atoms. The molecule has 3 aromatic rings. The molecule has 1 saturated carbocycles. The number of nitrogens with one attached hydrogen (secondary N) is 1. The van der Waals surface area contributed by atoms with E-state index in [0.717, 1.165) is 16.5 Å². The molecule has 10 atom stereocenters. The van der Waals surface area contributed by atoms with Crippen molar-refractivity contribution in [2.45, 2.75) is 99.5 Å². The lowest BCUT2D eigenvalue weighted by Crippen LogP contribution is -2.81. The average molecular weight is 825 g/mol. The third-order valence-corrected chi connectivity index (χ3v) is 15.5. The van der Waals surface area contributed by atoms with E-state index in [-0.39, 0.29) is 12.3 Å². The maximum atomic E-state index is 15.3. The average Bonchev–Trinajstić information content (AvgIpc) is 3.92. The second-order valence-electron chi connectivity index (χ2n) is 18.1. The zero-order chi connectivity index (χ0) is 42.6. The number of amides is 1. The number of benzene rings is 2. The van der Waals surface area contributed by atoms with Gasteiger partial charge in [0.1, 0.15) is 11.2 Å². The number of fused-ring (bicyclic) bond motifs is 6. The van der Waals surface area contributed by atoms with Crippen LogP contribution in [0.5, 0.6) is 5.75 Å². The number of para-hydroxylation sites is 1. The second kappa shape index (κ2) is 14.1. The van der Waals surface area contributed by atoms with Gasteiger partial charge in [-0.1, -0.05) is 44.2 Å². The molecule has 14 heteroatoms. The number of methoxy groups -OCH3 is 3. The smallest absolute Gasteiger partial charge is 0.344 e. The van der Waals surface area contributed by atoms with Crippen LogP contribution in [-0.4, -0.2) is 133 Å². The summed E-state index contributed by atoms with van der Waals surface area (Å²) >= 11 is 0. The first-order valence-electron chi connectivity index (χ1n) is 21.3. The third kappa shape index (κ3) is 5.19. The lowest BCUT2D eigenvalue weighted by molar-refractivity contribution is -0.228. The maximum Gasteiger partial charge on any atom is 0.344 e. The van der Waals surface area contributed by atoms with Gasteiger partial charge in [0, 0.05) is 78.2 Å². The number of ether oxygens (including phenoxy) is 4. The van der Waals surface area contributed by atoms with E-state index in [2.05, 4.69) is 20.9 Å². The van der Waals surface area contributed by atoms with Crippen LogP contribution >= 0.6 is 0 Å². The molecule has 2 aromatic carbocycles. The van der Waals surface area contributed by atoms with Crippen LogP contribution in [0.3, 0.4) is 0 Å². The van der Waals surface area contributed by atoms with Gasteiger partial charge in [-0.05, 0) is 74.2 Å². The largest absolute Gasteiger partial charge is 0.496 e. The van der Waals surface area contributed by atoms with Crippen molar-refractivity contribution in [3.8, 4) is 5.75 Å². The van der Waals surface area contributed by atoms with Gasteiger partial charge in [0.25, 0.3) is 0 Å². The first kappa shape index (κ1) is 40.6. The highest BCUT2D eigenvalue weighted by atomic mass is 16.6. The van der Waals surface area contributed by atoms with Gasteiger partial charge < -0.3 is 39.0 Å². The molecule has 2 saturated heterocycles. The zero-order valence-electron chi connectivity index (χ0n) is 35.3. The van der Waals surface area contributed by atoms with E-state index in [4.69, 9.17) is 18.9 Å². The molecule has 320 valence electrons. The van der Waals surface area contributed by atoms with Crippen LogP contribution in [0.15, 0.2) is 48.6 Å². The summed E-state index contributed by atoms with van der Waals surface area (Å²) in [4.78, 5) is 66.1. The Bertz CT molecular complexity index is 2310. The Hall–Kier alpha value is -4.76. The number of anilines is 1. The highest BCUT2D eigenvalue weighted by molar-refractivity contribution is 5.96. The van der Waals surface area contributed by atoms with E-state index < -0.39 is 63.5 Å². The summed E-state index contributed by atoms with van der Waals surface area (Å²) in [6.45, 7) is 8.16. The van der Waals surface area contributed by atoms with Crippen LogP contribution in [0, 0.1) is 11.3 Å². The highest BCUT2D eigenvalue weighted by Gasteiger charge is 2.81. The molecule has 1 aromatic heterocycles. The van der Waals surface area contributed by atoms with Crippen molar-refractivity contribution >= 4 is 40.9 Å². The highest BCUT2D eigenvalue weighted by Crippen LogP contribution is 2.68. The Morgan fingerprint density at radius 1 is 0.967 bits per heavy atom. The Labute approximate surface area is 349 Å². The van der Waals surface area contributed by atoms with Gasteiger partial charge in [-0.15, -0.1) is 0 Å². The number of rotatable bonds is 8. The number of hydrogen-bond acceptors (Lipinski definition) is 12. The predicted molar refractivity (Wildman–Crippen MR) is 221 cm³/mol. The molecule has 6 aliphatic rings. The molecule has 0 radical (unpaired) electrons. The van der Waals surface area contributed by atoms with Crippen molar-refractivity contribution in [3.05, 3.63) is 70.9 Å². The van der Waals surface area contributed by atoms with E-state index in [0.29, 0.717) is 99.5 Å². The van der Waals surface area contributed by atoms with Gasteiger partial charge in [0.2, 0.25) is 12.0 Å². The lowest BCUT2D eigenvalue weighted by Gasteiger charge is -2.63. The molecule has 1 aliphatic carbocycles. The zero-order valence-corrected chi connectivity index (χ0v) is 35.3. The van der Waals surface area contributed by atoms with E-state index in [9.17, 15) is 24.6 Å². The molecule has 60 heavy (non-hydrogen) atoms. The molecule has 1 spiro atoms. The normalized spacial score (nSPS) is 36.5. The van der Waals surface area contributed by atoms with Gasteiger partial charge in [-0.25, -0.2) is 4.79 Å². The van der Waals surface area contributed by atoms with Crippen LogP contribution in [0.4, 0.5) is 5.69 Å². The van der Waals surface area contributed by atoms with E-state index in [1.165, 1.54) is 33.2 Å². The number of esters is 3. The molecule has 6 heterocycles. The second-order valence-corrected chi connectivity index (χ2v) is 18.1. The van der Waals surface area contributed by atoms with Crippen molar-refractivity contribution in [3.63, 3.8) is 0 Å². The number of H-pyrrole nitrogens is 1. The summed E-state index contributed by atoms with van der Waals surface area (Å²) in [6.07, 6.45) is 5.83. The Morgan fingerprint density at radius 2 is 1.73 bits per heavy atom. The number of aliphatic hydroxyl groups is 2. The quantitative estimate of drug-likeness (QED) is 0.131. The number of nitrogens with zero attached hydrogens (tertiary/aromatic N) is 3. The summed E-state index contributed by atoms with van der Waals surface area (Å²) in [6, 6.07) is 9.97. The van der Waals surface area contributed by atoms with E-state index >= 15 is 4.79 Å². The molecular formula is C46H56N4O10. The van der Waals surface area contributed by atoms with Crippen LogP contribution in [0.25, 0.3) is 10.9 Å². The minimum Gasteiger partial charge on any atom is -0.496 e. The Kier molecular flexibility index (Phi) is 9.58. The Balaban J connectivity index is 1.38. The molecule has 1 amide bonds. The molecule has 9 rings (SSSR count). The van der Waals surface area contributed by atoms with Crippen LogP contribution in [0.2, 0.25) is 0 Å². The van der Waals surface area contributed by atoms with Crippen molar-refractivity contribution < 1.29 is 48.3 Å². The van der Waals surface area contributed by atoms with E-state index in [1.807, 2.05) is 50.3 Å². The predicted octanol–water partition coefficient (Wildman–Crippen LogP) is 3.52. The number of aromatic amines is 1. The minimum absolute atomic E-state index is 0.155. The third-order valence-electron chi connectivity index (χ3n) is 15.5. The topological polar surface area (TPSA) is 171 Å². The standard InChI is InChI=1S/C46H56N4O10/c1-7-42(55)22-28-23-45(40(53)58-5,36-30(14-18-48(24-28)25-42)29-12-9-10-13-33(29)47-36)32-20-31-34(21-35(32)57-4)50(26-51)38-44(31)16-19-49-17-11-15-43(8-2,37(44)49)39(60-27(3)52)46(38,56)41(54)59-6/h9-13,15,20-21,26,28,37-39,47,55-56H,7-8,14,16-19,22-25H2,1-6H3/t28-,37+,38-,39-,42?,43-,44?,45+,46+/m1/s1. The molecular weight excluding hydrogens is 769 g/mol. The van der Waals surface area contributed by atoms with Crippen molar-refractivity contribution in [2.24, 2.45) is 11.3 Å². The molecule has 3 fully saturated rings. The van der Waals surface area contributed by atoms with Crippen molar-refractivity contribution in [1.29, 1.82) is 0 Å². The van der Waals surface area contributed by atoms with Crippen molar-refractivity contribution in [1.82, 2.24) is 14.8 Å². The monoisotopic (exact) mass is 824 g/mol. The summed E-state index contributed by atoms with van der Waals surface area (Å²) in [5, 5.41) is 26.3. The van der Waals surface area contributed by atoms with Gasteiger partial charge in [-0.3, -0.25) is 24.2 Å². The molecule has 3 unspecified atom stereocenters. The van der Waals surface area contributed by atoms with Gasteiger partial charge >= 0.3 is 17.9 Å². The first-order chi connectivity index (χ1) is 28.8. The molecule has 3 N–H and O–H groups in total. The van der Waals surface area contributed by atoms with Crippen LogP contribution in [0.1, 0.15) is 75.3 Å². The fourth-order valence-electron chi connectivity index (χ4n) is 13.4. The summed E-state index contributed by atoms with van der Waals surface area (Å²) in [5.74, 6) is -2.06. The summed E-state index contributed by atoms with van der Waals surface area (Å²) < 4.78 is 23.7. The number of piperidine rings is 1. The van der Waals surface area contributed by atoms with E-state index in [1.54, 1.807) is 6.07 Å². The van der Waals surface area contributed by atoms with Gasteiger partial charge in [-0.2, -0.15) is 0 Å². The maximum absolute atomic E-state index is 15.3. The number of carbonyl (C=O) groups is 4. The summed E-state index contributed by atoms with van der Waals surface area (Å²) in [7, 11) is 4.09.